The second kappa shape index (κ2) is 13.7. The molecule has 2 N–H and O–H groups in total. The summed E-state index contributed by atoms with van der Waals surface area (Å²) in [5.41, 5.74) is 0. The molecule has 0 aromatic carbocycles. The molecule has 0 aliphatic carbocycles. The van der Waals surface area contributed by atoms with Gasteiger partial charge in [-0.1, -0.05) is 64.2 Å². The summed E-state index contributed by atoms with van der Waals surface area (Å²) in [6.07, 6.45) is 9.31. The summed E-state index contributed by atoms with van der Waals surface area (Å²) in [6.45, 7) is -0.156. The fourth-order valence-electron chi connectivity index (χ4n) is 2.17. The van der Waals surface area contributed by atoms with Gasteiger partial charge in [0, 0.05) is 0 Å². The molecule has 0 aromatic heterocycles. The summed E-state index contributed by atoms with van der Waals surface area (Å²) >= 11 is 0. The Kier molecular flexibility index (Phi) is 13.5. The van der Waals surface area contributed by atoms with E-state index in [0.29, 0.717) is 12.8 Å². The van der Waals surface area contributed by atoms with Gasteiger partial charge < -0.3 is 10.2 Å². The Morgan fingerprint density at radius 2 is 1.00 bits per heavy atom. The van der Waals surface area contributed by atoms with Crippen molar-refractivity contribution in [3.8, 4) is 0 Å². The van der Waals surface area contributed by atoms with Gasteiger partial charge in [0.25, 0.3) is 0 Å². The van der Waals surface area contributed by atoms with Crippen LogP contribution in [0.15, 0.2) is 0 Å². The van der Waals surface area contributed by atoms with E-state index in [0.717, 1.165) is 32.1 Å². The molecular formula is C15H30F2O3. The molecule has 0 aromatic rings. The van der Waals surface area contributed by atoms with E-state index in [1.807, 2.05) is 0 Å². The lowest BCUT2D eigenvalue weighted by molar-refractivity contribution is -0.414. The van der Waals surface area contributed by atoms with E-state index in [2.05, 4.69) is 4.74 Å². The van der Waals surface area contributed by atoms with Crippen LogP contribution in [0.3, 0.4) is 0 Å². The number of hydrogen-bond acceptors (Lipinski definition) is 3. The van der Waals surface area contributed by atoms with Crippen molar-refractivity contribution in [3.63, 3.8) is 0 Å². The lowest BCUT2D eigenvalue weighted by atomic mass is 10.1. The molecule has 0 radical (unpaired) electrons. The molecule has 5 heteroatoms. The summed E-state index contributed by atoms with van der Waals surface area (Å²) in [6, 6.07) is 0. The number of halogens is 2. The highest BCUT2D eigenvalue weighted by molar-refractivity contribution is 4.49. The van der Waals surface area contributed by atoms with E-state index in [1.54, 1.807) is 0 Å². The average Bonchev–Trinajstić information content (AvgIpc) is 2.38. The van der Waals surface area contributed by atoms with Gasteiger partial charge in [-0.3, -0.25) is 9.13 Å². The van der Waals surface area contributed by atoms with E-state index in [4.69, 9.17) is 10.2 Å². The molecular weight excluding hydrogens is 266 g/mol. The van der Waals surface area contributed by atoms with Crippen LogP contribution in [0.2, 0.25) is 0 Å². The van der Waals surface area contributed by atoms with Gasteiger partial charge in [0.15, 0.2) is 0 Å². The van der Waals surface area contributed by atoms with Gasteiger partial charge in [0.05, 0.1) is 13.3 Å². The van der Waals surface area contributed by atoms with Crippen molar-refractivity contribution in [2.45, 2.75) is 83.3 Å². The van der Waals surface area contributed by atoms with E-state index in [9.17, 15) is 8.78 Å². The first-order valence-electron chi connectivity index (χ1n) is 7.90. The van der Waals surface area contributed by atoms with Crippen molar-refractivity contribution in [2.24, 2.45) is 0 Å². The van der Waals surface area contributed by atoms with Gasteiger partial charge in [0.1, 0.15) is 0 Å². The van der Waals surface area contributed by atoms with Gasteiger partial charge in [-0.2, -0.15) is 4.39 Å². The van der Waals surface area contributed by atoms with Gasteiger partial charge >= 0.3 is 6.23 Å². The second-order valence-electron chi connectivity index (χ2n) is 5.31. The molecule has 0 spiro atoms. The molecule has 122 valence electrons. The number of unbranched alkanes of at least 4 members (excludes halogenated alkanes) is 11. The van der Waals surface area contributed by atoms with Crippen molar-refractivity contribution >= 4 is 0 Å². The Labute approximate surface area is 121 Å². The third kappa shape index (κ3) is 17.7. The number of aliphatic hydroxyl groups is 2. The van der Waals surface area contributed by atoms with Crippen molar-refractivity contribution in [1.82, 2.24) is 0 Å². The SMILES string of the molecule is OC(O)(F)OCCCCCCCCCCCCCCF. The third-order valence-corrected chi connectivity index (χ3v) is 3.31. The van der Waals surface area contributed by atoms with Gasteiger partial charge in [-0.15, -0.1) is 0 Å². The lowest BCUT2D eigenvalue weighted by Gasteiger charge is -2.11. The minimum atomic E-state index is -3.48. The zero-order valence-corrected chi connectivity index (χ0v) is 12.5. The second-order valence-corrected chi connectivity index (χ2v) is 5.31. The highest BCUT2D eigenvalue weighted by Crippen LogP contribution is 2.12. The van der Waals surface area contributed by atoms with E-state index in [-0.39, 0.29) is 13.3 Å². The Morgan fingerprint density at radius 3 is 1.35 bits per heavy atom. The van der Waals surface area contributed by atoms with Gasteiger partial charge in [0.2, 0.25) is 0 Å². The van der Waals surface area contributed by atoms with Crippen LogP contribution in [0.1, 0.15) is 77.0 Å². The average molecular weight is 296 g/mol. The minimum absolute atomic E-state index is 0.0301. The molecule has 0 fully saturated rings. The van der Waals surface area contributed by atoms with E-state index >= 15 is 0 Å². The molecule has 0 unspecified atom stereocenters. The van der Waals surface area contributed by atoms with Crippen molar-refractivity contribution in [1.29, 1.82) is 0 Å². The fraction of sp³-hybridized carbons (Fsp3) is 1.00. The smallest absolute Gasteiger partial charge is 0.315 e. The molecule has 0 atom stereocenters. The van der Waals surface area contributed by atoms with Crippen LogP contribution < -0.4 is 0 Å². The van der Waals surface area contributed by atoms with Crippen molar-refractivity contribution in [2.75, 3.05) is 13.3 Å². The lowest BCUT2D eigenvalue weighted by Crippen LogP contribution is -2.25. The van der Waals surface area contributed by atoms with Gasteiger partial charge in [-0.25, -0.2) is 0 Å². The summed E-state index contributed by atoms with van der Waals surface area (Å²) < 4.78 is 28.1. The van der Waals surface area contributed by atoms with E-state index < -0.39 is 6.23 Å². The van der Waals surface area contributed by atoms with Crippen molar-refractivity contribution in [3.05, 3.63) is 0 Å². The maximum absolute atomic E-state index is 12.1. The predicted molar refractivity (Wildman–Crippen MR) is 75.6 cm³/mol. The maximum Gasteiger partial charge on any atom is 0.443 e. The standard InChI is InChI=1S/C15H30F2O3/c16-13-11-9-7-5-3-1-2-4-6-8-10-12-14-20-15(17,18)19/h18-19H,1-14H2. The van der Waals surface area contributed by atoms with Crippen LogP contribution in [0.25, 0.3) is 0 Å². The highest BCUT2D eigenvalue weighted by atomic mass is 19.2. The monoisotopic (exact) mass is 296 g/mol. The topological polar surface area (TPSA) is 49.7 Å². The molecule has 0 heterocycles. The van der Waals surface area contributed by atoms with Crippen LogP contribution in [0, 0.1) is 0 Å². The highest BCUT2D eigenvalue weighted by Gasteiger charge is 2.21. The largest absolute Gasteiger partial charge is 0.443 e. The van der Waals surface area contributed by atoms with Crippen LogP contribution in [0.4, 0.5) is 8.78 Å². The first-order chi connectivity index (χ1) is 9.56. The van der Waals surface area contributed by atoms with Crippen molar-refractivity contribution < 1.29 is 23.7 Å². The maximum atomic E-state index is 12.1. The zero-order valence-electron chi connectivity index (χ0n) is 12.5. The molecule has 0 saturated heterocycles. The molecule has 0 rings (SSSR count). The zero-order chi connectivity index (χ0) is 15.1. The third-order valence-electron chi connectivity index (χ3n) is 3.31. The van der Waals surface area contributed by atoms with E-state index in [1.165, 1.54) is 32.1 Å². The van der Waals surface area contributed by atoms with Gasteiger partial charge in [-0.05, 0) is 12.8 Å². The summed E-state index contributed by atoms with van der Waals surface area (Å²) in [5, 5.41) is 16.5. The fourth-order valence-corrected chi connectivity index (χ4v) is 2.17. The van der Waals surface area contributed by atoms with Crippen LogP contribution in [-0.2, 0) is 4.74 Å². The number of hydrogen-bond donors (Lipinski definition) is 2. The Bertz CT molecular complexity index is 196. The molecule has 0 saturated carbocycles. The summed E-state index contributed by atoms with van der Waals surface area (Å²) in [7, 11) is 0. The molecule has 3 nitrogen and oxygen atoms in total. The first-order valence-corrected chi connectivity index (χ1v) is 7.90. The normalized spacial score (nSPS) is 12.0. The molecule has 0 aliphatic rings. The molecule has 0 bridgehead atoms. The van der Waals surface area contributed by atoms with Crippen LogP contribution in [0.5, 0.6) is 0 Å². The van der Waals surface area contributed by atoms with Crippen LogP contribution in [-0.4, -0.2) is 29.7 Å². The Morgan fingerprint density at radius 1 is 0.650 bits per heavy atom. The molecule has 0 aliphatic heterocycles. The predicted octanol–water partition coefficient (Wildman–Crippen LogP) is 4.22. The number of alkyl halides is 2. The summed E-state index contributed by atoms with van der Waals surface area (Å²) in [4.78, 5) is 0. The molecule has 20 heavy (non-hydrogen) atoms. The molecule has 0 amide bonds. The van der Waals surface area contributed by atoms with Crippen LogP contribution >= 0.6 is 0 Å². The number of ether oxygens (including phenoxy) is 1. The summed E-state index contributed by atoms with van der Waals surface area (Å²) in [5.74, 6) is 0. The Balaban J connectivity index is 2.99. The first kappa shape index (κ1) is 19.7. The quantitative estimate of drug-likeness (QED) is 0.351. The Hall–Kier alpha value is -0.260. The number of rotatable bonds is 15. The minimum Gasteiger partial charge on any atom is -0.315 e.